The SMILES string of the molecule is CN(Cc1nc(-c2ccc(F)cc2)no1)CC(O)C(F)(F)F. The van der Waals surface area contributed by atoms with Crippen molar-refractivity contribution in [3.05, 3.63) is 36.0 Å². The second kappa shape index (κ2) is 6.41. The molecule has 0 amide bonds. The molecular weight excluding hydrogens is 306 g/mol. The highest BCUT2D eigenvalue weighted by Gasteiger charge is 2.38. The van der Waals surface area contributed by atoms with Crippen molar-refractivity contribution < 1.29 is 27.2 Å². The number of benzene rings is 1. The Balaban J connectivity index is 1.98. The van der Waals surface area contributed by atoms with Gasteiger partial charge in [-0.05, 0) is 31.3 Å². The first-order valence-electron chi connectivity index (χ1n) is 6.27. The molecule has 0 saturated carbocycles. The second-order valence-corrected chi connectivity index (χ2v) is 4.77. The zero-order valence-electron chi connectivity index (χ0n) is 11.5. The number of hydrogen-bond donors (Lipinski definition) is 1. The summed E-state index contributed by atoms with van der Waals surface area (Å²) in [6.07, 6.45) is -7.13. The molecule has 0 radical (unpaired) electrons. The van der Waals surface area contributed by atoms with Crippen molar-refractivity contribution >= 4 is 0 Å². The van der Waals surface area contributed by atoms with Gasteiger partial charge in [0, 0.05) is 12.1 Å². The lowest BCUT2D eigenvalue weighted by atomic mass is 10.2. The molecule has 1 aromatic carbocycles. The Morgan fingerprint density at radius 1 is 1.27 bits per heavy atom. The molecule has 0 bridgehead atoms. The van der Waals surface area contributed by atoms with Crippen molar-refractivity contribution in [2.45, 2.75) is 18.8 Å². The molecule has 0 spiro atoms. The molecule has 1 N–H and O–H groups in total. The molecule has 2 rings (SSSR count). The minimum absolute atomic E-state index is 0.0542. The lowest BCUT2D eigenvalue weighted by Gasteiger charge is -2.20. The van der Waals surface area contributed by atoms with Gasteiger partial charge in [-0.25, -0.2) is 4.39 Å². The van der Waals surface area contributed by atoms with Gasteiger partial charge in [-0.3, -0.25) is 4.90 Å². The average molecular weight is 319 g/mol. The molecule has 1 atom stereocenters. The van der Waals surface area contributed by atoms with Crippen LogP contribution in [0.5, 0.6) is 0 Å². The molecule has 0 saturated heterocycles. The highest BCUT2D eigenvalue weighted by Crippen LogP contribution is 2.21. The summed E-state index contributed by atoms with van der Waals surface area (Å²) < 4.78 is 54.5. The third-order valence-electron chi connectivity index (χ3n) is 2.84. The van der Waals surface area contributed by atoms with Crippen LogP contribution >= 0.6 is 0 Å². The summed E-state index contributed by atoms with van der Waals surface area (Å²) in [6, 6.07) is 5.39. The van der Waals surface area contributed by atoms with Crippen LogP contribution in [0, 0.1) is 5.82 Å². The van der Waals surface area contributed by atoms with E-state index in [4.69, 9.17) is 9.63 Å². The van der Waals surface area contributed by atoms with Gasteiger partial charge in [0.1, 0.15) is 5.82 Å². The molecule has 1 heterocycles. The fourth-order valence-corrected chi connectivity index (χ4v) is 1.73. The van der Waals surface area contributed by atoms with E-state index in [2.05, 4.69) is 10.1 Å². The Morgan fingerprint density at radius 3 is 2.50 bits per heavy atom. The van der Waals surface area contributed by atoms with Crippen LogP contribution in [-0.2, 0) is 6.54 Å². The minimum atomic E-state index is -4.68. The lowest BCUT2D eigenvalue weighted by Crippen LogP contribution is -2.39. The molecule has 0 aliphatic rings. The summed E-state index contributed by atoms with van der Waals surface area (Å²) >= 11 is 0. The Labute approximate surface area is 123 Å². The number of alkyl halides is 3. The Hall–Kier alpha value is -2.00. The van der Waals surface area contributed by atoms with Crippen molar-refractivity contribution in [3.8, 4) is 11.4 Å². The predicted octanol–water partition coefficient (Wildman–Crippen LogP) is 2.23. The lowest BCUT2D eigenvalue weighted by molar-refractivity contribution is -0.207. The summed E-state index contributed by atoms with van der Waals surface area (Å²) in [5, 5.41) is 12.7. The molecule has 9 heteroatoms. The standard InChI is InChI=1S/C13H13F4N3O2/c1-20(6-10(21)13(15,16)17)7-11-18-12(19-22-11)8-2-4-9(14)5-3-8/h2-5,10,21H,6-7H2,1H3. The van der Waals surface area contributed by atoms with E-state index < -0.39 is 24.6 Å². The van der Waals surface area contributed by atoms with Gasteiger partial charge in [0.2, 0.25) is 11.7 Å². The fourth-order valence-electron chi connectivity index (χ4n) is 1.73. The molecule has 5 nitrogen and oxygen atoms in total. The summed E-state index contributed by atoms with van der Waals surface area (Å²) in [4.78, 5) is 5.22. The van der Waals surface area contributed by atoms with Crippen LogP contribution in [0.15, 0.2) is 28.8 Å². The molecule has 0 aliphatic carbocycles. The van der Waals surface area contributed by atoms with E-state index >= 15 is 0 Å². The van der Waals surface area contributed by atoms with Crippen molar-refractivity contribution in [2.24, 2.45) is 0 Å². The minimum Gasteiger partial charge on any atom is -0.382 e. The van der Waals surface area contributed by atoms with E-state index in [1.165, 1.54) is 36.2 Å². The maximum Gasteiger partial charge on any atom is 0.415 e. The summed E-state index contributed by atoms with van der Waals surface area (Å²) in [6.45, 7) is -0.668. The van der Waals surface area contributed by atoms with Gasteiger partial charge in [-0.2, -0.15) is 18.2 Å². The molecule has 0 fully saturated rings. The summed E-state index contributed by atoms with van der Waals surface area (Å²) in [5.74, 6) is -0.107. The second-order valence-electron chi connectivity index (χ2n) is 4.77. The largest absolute Gasteiger partial charge is 0.415 e. The number of rotatable bonds is 5. The zero-order valence-corrected chi connectivity index (χ0v) is 11.5. The number of halogens is 4. The van der Waals surface area contributed by atoms with Gasteiger partial charge < -0.3 is 9.63 Å². The maximum atomic E-state index is 12.8. The Kier molecular flexibility index (Phi) is 4.77. The number of aliphatic hydroxyl groups is 1. The molecule has 120 valence electrons. The highest BCUT2D eigenvalue weighted by atomic mass is 19.4. The molecule has 0 aliphatic heterocycles. The van der Waals surface area contributed by atoms with Crippen LogP contribution in [0.3, 0.4) is 0 Å². The van der Waals surface area contributed by atoms with E-state index in [0.29, 0.717) is 5.56 Å². The number of aromatic nitrogens is 2. The van der Waals surface area contributed by atoms with Crippen molar-refractivity contribution in [2.75, 3.05) is 13.6 Å². The van der Waals surface area contributed by atoms with Gasteiger partial charge in [-0.1, -0.05) is 5.16 Å². The normalized spacial score (nSPS) is 13.6. The smallest absolute Gasteiger partial charge is 0.382 e. The third kappa shape index (κ3) is 4.25. The van der Waals surface area contributed by atoms with E-state index in [9.17, 15) is 17.6 Å². The van der Waals surface area contributed by atoms with Crippen LogP contribution in [0.1, 0.15) is 5.89 Å². The van der Waals surface area contributed by atoms with Crippen molar-refractivity contribution in [3.63, 3.8) is 0 Å². The van der Waals surface area contributed by atoms with Crippen LogP contribution in [0.4, 0.5) is 17.6 Å². The quantitative estimate of drug-likeness (QED) is 0.856. The van der Waals surface area contributed by atoms with Crippen LogP contribution < -0.4 is 0 Å². The molecule has 2 aromatic rings. The average Bonchev–Trinajstić information content (AvgIpc) is 2.86. The first kappa shape index (κ1) is 16.4. The van der Waals surface area contributed by atoms with E-state index in [0.717, 1.165) is 0 Å². The van der Waals surface area contributed by atoms with Gasteiger partial charge >= 0.3 is 6.18 Å². The predicted molar refractivity (Wildman–Crippen MR) is 68.1 cm³/mol. The Bertz CT molecular complexity index is 612. The van der Waals surface area contributed by atoms with E-state index in [1.54, 1.807) is 0 Å². The topological polar surface area (TPSA) is 62.4 Å². The Morgan fingerprint density at radius 2 is 1.91 bits per heavy atom. The van der Waals surface area contributed by atoms with Gasteiger partial charge in [0.25, 0.3) is 0 Å². The van der Waals surface area contributed by atoms with Crippen molar-refractivity contribution in [1.82, 2.24) is 15.0 Å². The monoisotopic (exact) mass is 319 g/mol. The number of nitrogens with zero attached hydrogens (tertiary/aromatic N) is 3. The molecular formula is C13H13F4N3O2. The maximum absolute atomic E-state index is 12.8. The van der Waals surface area contributed by atoms with E-state index in [-0.39, 0.29) is 18.3 Å². The van der Waals surface area contributed by atoms with Gasteiger partial charge in [-0.15, -0.1) is 0 Å². The zero-order chi connectivity index (χ0) is 16.3. The first-order chi connectivity index (χ1) is 10.3. The van der Waals surface area contributed by atoms with Crippen molar-refractivity contribution in [1.29, 1.82) is 0 Å². The van der Waals surface area contributed by atoms with Crippen LogP contribution in [-0.4, -0.2) is 46.0 Å². The van der Waals surface area contributed by atoms with Gasteiger partial charge in [0.15, 0.2) is 6.10 Å². The third-order valence-corrected chi connectivity index (χ3v) is 2.84. The molecule has 1 unspecified atom stereocenters. The molecule has 22 heavy (non-hydrogen) atoms. The number of likely N-dealkylation sites (N-methyl/N-ethyl adjacent to an activating group) is 1. The van der Waals surface area contributed by atoms with E-state index in [1.807, 2.05) is 0 Å². The summed E-state index contributed by atoms with van der Waals surface area (Å²) in [7, 11) is 1.39. The first-order valence-corrected chi connectivity index (χ1v) is 6.27. The fraction of sp³-hybridized carbons (Fsp3) is 0.385. The number of hydrogen-bond acceptors (Lipinski definition) is 5. The highest BCUT2D eigenvalue weighted by molar-refractivity contribution is 5.53. The van der Waals surface area contributed by atoms with Gasteiger partial charge in [0.05, 0.1) is 6.54 Å². The van der Waals surface area contributed by atoms with Crippen LogP contribution in [0.2, 0.25) is 0 Å². The molecule has 1 aromatic heterocycles. The number of aliphatic hydroxyl groups excluding tert-OH is 1. The summed E-state index contributed by atoms with van der Waals surface area (Å²) in [5.41, 5.74) is 0.523. The van der Waals surface area contributed by atoms with Crippen LogP contribution in [0.25, 0.3) is 11.4 Å².